The maximum absolute atomic E-state index is 11.9. The van der Waals surface area contributed by atoms with Crippen molar-refractivity contribution in [3.63, 3.8) is 0 Å². The average molecular weight is 390 g/mol. The van der Waals surface area contributed by atoms with E-state index < -0.39 is 11.4 Å². The minimum Gasteiger partial charge on any atom is -0.484 e. The number of nitrogens with one attached hydrogen (secondary N) is 1. The third kappa shape index (κ3) is 4.83. The van der Waals surface area contributed by atoms with E-state index in [1.54, 1.807) is 0 Å². The van der Waals surface area contributed by atoms with E-state index in [2.05, 4.69) is 10.2 Å². The first-order valence-corrected chi connectivity index (χ1v) is 9.74. The Morgan fingerprint density at radius 2 is 2.04 bits per heavy atom. The van der Waals surface area contributed by atoms with Crippen LogP contribution in [0, 0.1) is 11.3 Å². The predicted molar refractivity (Wildman–Crippen MR) is 104 cm³/mol. The van der Waals surface area contributed by atoms with Crippen LogP contribution in [-0.2, 0) is 20.9 Å². The topological polar surface area (TPSA) is 88.1 Å². The molecule has 0 aromatic heterocycles. The summed E-state index contributed by atoms with van der Waals surface area (Å²) < 4.78 is 11.1. The van der Waals surface area contributed by atoms with Crippen molar-refractivity contribution >= 4 is 11.9 Å². The van der Waals surface area contributed by atoms with Gasteiger partial charge >= 0.3 is 5.97 Å². The molecule has 2 atom stereocenters. The Morgan fingerprint density at radius 3 is 2.64 bits per heavy atom. The summed E-state index contributed by atoms with van der Waals surface area (Å²) in [6.45, 7) is 8.77. The number of carbonyl (C=O) groups is 2. The summed E-state index contributed by atoms with van der Waals surface area (Å²) in [6, 6.07) is 7.61. The second-order valence-electron chi connectivity index (χ2n) is 8.88. The number of carboxylic acid groups (broad SMARTS) is 1. The van der Waals surface area contributed by atoms with E-state index in [-0.39, 0.29) is 24.0 Å². The van der Waals surface area contributed by atoms with Gasteiger partial charge in [0.05, 0.1) is 12.0 Å². The normalized spacial score (nSPS) is 25.2. The first kappa shape index (κ1) is 20.6. The van der Waals surface area contributed by atoms with Crippen LogP contribution in [0.5, 0.6) is 5.75 Å². The molecule has 2 N–H and O–H groups in total. The highest BCUT2D eigenvalue weighted by Gasteiger charge is 2.53. The fourth-order valence-corrected chi connectivity index (χ4v) is 4.08. The summed E-state index contributed by atoms with van der Waals surface area (Å²) in [6.07, 6.45) is 0.576. The highest BCUT2D eigenvalue weighted by atomic mass is 16.5. The SMILES string of the molecule is CC(C)(C)NC(=O)COc1ccc(CN2C[C@@H]3COCC[C@]3(C(=O)O)C2)cc1. The van der Waals surface area contributed by atoms with Crippen molar-refractivity contribution in [3.05, 3.63) is 29.8 Å². The highest BCUT2D eigenvalue weighted by Crippen LogP contribution is 2.42. The molecule has 0 spiro atoms. The largest absolute Gasteiger partial charge is 0.484 e. The zero-order valence-corrected chi connectivity index (χ0v) is 16.9. The van der Waals surface area contributed by atoms with Crippen LogP contribution in [0.2, 0.25) is 0 Å². The van der Waals surface area contributed by atoms with Gasteiger partial charge in [-0.1, -0.05) is 12.1 Å². The summed E-state index contributed by atoms with van der Waals surface area (Å²) >= 11 is 0. The van der Waals surface area contributed by atoms with E-state index >= 15 is 0 Å². The molecule has 0 unspecified atom stereocenters. The molecule has 2 aliphatic rings. The average Bonchev–Trinajstić information content (AvgIpc) is 2.99. The standard InChI is InChI=1S/C21H30N2O5/c1-20(2,3)22-18(24)13-28-17-6-4-15(5-7-17)10-23-11-16-12-27-9-8-21(16,14-23)19(25)26/h4-7,16H,8-14H2,1-3H3,(H,22,24)(H,25,26)/t16-,21+/m1/s1. The molecule has 7 nitrogen and oxygen atoms in total. The van der Waals surface area contributed by atoms with Crippen LogP contribution in [0.4, 0.5) is 0 Å². The lowest BCUT2D eigenvalue weighted by molar-refractivity contribution is -0.157. The molecule has 0 saturated carbocycles. The molecule has 7 heteroatoms. The number of fused-ring (bicyclic) bond motifs is 1. The molecule has 2 heterocycles. The van der Waals surface area contributed by atoms with Crippen LogP contribution < -0.4 is 10.1 Å². The van der Waals surface area contributed by atoms with Crippen LogP contribution >= 0.6 is 0 Å². The lowest BCUT2D eigenvalue weighted by Gasteiger charge is -2.34. The van der Waals surface area contributed by atoms with Crippen molar-refractivity contribution in [2.24, 2.45) is 11.3 Å². The van der Waals surface area contributed by atoms with Crippen molar-refractivity contribution in [2.75, 3.05) is 32.9 Å². The Labute approximate surface area is 166 Å². The summed E-state index contributed by atoms with van der Waals surface area (Å²) in [5, 5.41) is 12.6. The van der Waals surface area contributed by atoms with Gasteiger partial charge in [-0.15, -0.1) is 0 Å². The van der Waals surface area contributed by atoms with Crippen LogP contribution in [0.25, 0.3) is 0 Å². The van der Waals surface area contributed by atoms with Gasteiger partial charge in [0.1, 0.15) is 5.75 Å². The number of aliphatic carboxylic acids is 1. The van der Waals surface area contributed by atoms with Crippen LogP contribution in [0.3, 0.4) is 0 Å². The third-order valence-electron chi connectivity index (χ3n) is 5.42. The Balaban J connectivity index is 1.53. The van der Waals surface area contributed by atoms with Gasteiger partial charge in [0.15, 0.2) is 6.61 Å². The lowest BCUT2D eigenvalue weighted by Crippen LogP contribution is -2.44. The number of carbonyl (C=O) groups excluding carboxylic acids is 1. The molecule has 1 amide bonds. The molecular formula is C21H30N2O5. The van der Waals surface area contributed by atoms with Crippen molar-refractivity contribution < 1.29 is 24.2 Å². The monoisotopic (exact) mass is 390 g/mol. The molecule has 0 bridgehead atoms. The minimum atomic E-state index is -0.708. The quantitative estimate of drug-likeness (QED) is 0.771. The third-order valence-corrected chi connectivity index (χ3v) is 5.42. The van der Waals surface area contributed by atoms with Crippen molar-refractivity contribution in [2.45, 2.75) is 39.3 Å². The zero-order chi connectivity index (χ0) is 20.4. The van der Waals surface area contributed by atoms with Gasteiger partial charge < -0.3 is 19.9 Å². The summed E-state index contributed by atoms with van der Waals surface area (Å²) in [5.41, 5.74) is 0.128. The van der Waals surface area contributed by atoms with Gasteiger partial charge in [-0.3, -0.25) is 14.5 Å². The second-order valence-corrected chi connectivity index (χ2v) is 8.88. The Kier molecular flexibility index (Phi) is 5.95. The predicted octanol–water partition coefficient (Wildman–Crippen LogP) is 1.90. The van der Waals surface area contributed by atoms with Gasteiger partial charge in [0, 0.05) is 37.7 Å². The Hall–Kier alpha value is -2.12. The molecule has 2 aliphatic heterocycles. The lowest BCUT2D eigenvalue weighted by atomic mass is 9.74. The van der Waals surface area contributed by atoms with Crippen molar-refractivity contribution in [3.8, 4) is 5.75 Å². The maximum atomic E-state index is 11.9. The van der Waals surface area contributed by atoms with Crippen LogP contribution in [0.15, 0.2) is 24.3 Å². The number of nitrogens with zero attached hydrogens (tertiary/aromatic N) is 1. The molecule has 154 valence electrons. The number of amides is 1. The van der Waals surface area contributed by atoms with Gasteiger partial charge in [-0.2, -0.15) is 0 Å². The van der Waals surface area contributed by atoms with Crippen LogP contribution in [0.1, 0.15) is 32.8 Å². The number of hydrogen-bond donors (Lipinski definition) is 2. The Morgan fingerprint density at radius 1 is 1.32 bits per heavy atom. The molecule has 0 aliphatic carbocycles. The molecule has 2 saturated heterocycles. The molecule has 0 radical (unpaired) electrons. The molecule has 3 rings (SSSR count). The summed E-state index contributed by atoms with van der Waals surface area (Å²) in [7, 11) is 0. The van der Waals surface area contributed by atoms with E-state index in [0.717, 1.165) is 12.1 Å². The number of benzene rings is 1. The van der Waals surface area contributed by atoms with E-state index in [1.807, 2.05) is 45.0 Å². The molecule has 1 aromatic rings. The first-order chi connectivity index (χ1) is 13.2. The number of likely N-dealkylation sites (tertiary alicyclic amines) is 1. The van der Waals surface area contributed by atoms with Gasteiger partial charge in [0.2, 0.25) is 0 Å². The number of rotatable bonds is 6. The van der Waals surface area contributed by atoms with Crippen LogP contribution in [-0.4, -0.2) is 60.3 Å². The first-order valence-electron chi connectivity index (χ1n) is 9.74. The number of hydrogen-bond acceptors (Lipinski definition) is 5. The van der Waals surface area contributed by atoms with Crippen molar-refractivity contribution in [1.82, 2.24) is 10.2 Å². The van der Waals surface area contributed by atoms with E-state index in [0.29, 0.717) is 38.5 Å². The van der Waals surface area contributed by atoms with E-state index in [1.165, 1.54) is 0 Å². The van der Waals surface area contributed by atoms with Crippen molar-refractivity contribution in [1.29, 1.82) is 0 Å². The summed E-state index contributed by atoms with van der Waals surface area (Å²) in [4.78, 5) is 25.9. The van der Waals surface area contributed by atoms with E-state index in [4.69, 9.17) is 9.47 Å². The molecule has 28 heavy (non-hydrogen) atoms. The fourth-order valence-electron chi connectivity index (χ4n) is 4.08. The second kappa shape index (κ2) is 8.09. The molecule has 2 fully saturated rings. The minimum absolute atomic E-state index is 0.0223. The van der Waals surface area contributed by atoms with Gasteiger partial charge in [0.25, 0.3) is 5.91 Å². The number of ether oxygens (including phenoxy) is 2. The Bertz CT molecular complexity index is 713. The zero-order valence-electron chi connectivity index (χ0n) is 16.9. The van der Waals surface area contributed by atoms with E-state index in [9.17, 15) is 14.7 Å². The summed E-state index contributed by atoms with van der Waals surface area (Å²) in [5.74, 6) is -0.181. The fraction of sp³-hybridized carbons (Fsp3) is 0.619. The van der Waals surface area contributed by atoms with Gasteiger partial charge in [-0.05, 0) is 44.9 Å². The smallest absolute Gasteiger partial charge is 0.311 e. The number of carboxylic acids is 1. The molecule has 1 aromatic carbocycles. The van der Waals surface area contributed by atoms with Gasteiger partial charge in [-0.25, -0.2) is 0 Å². The molecular weight excluding hydrogens is 360 g/mol. The maximum Gasteiger partial charge on any atom is 0.311 e. The highest BCUT2D eigenvalue weighted by molar-refractivity contribution is 5.78.